The summed E-state index contributed by atoms with van der Waals surface area (Å²) in [5, 5.41) is 0. The molecule has 0 unspecified atom stereocenters. The fourth-order valence-corrected chi connectivity index (χ4v) is 1.96. The zero-order chi connectivity index (χ0) is 9.59. The molecule has 0 amide bonds. The molecule has 1 aliphatic rings. The normalized spacial score (nSPS) is 14.1. The average Bonchev–Trinajstić information content (AvgIpc) is 2.59. The fourth-order valence-electron chi connectivity index (χ4n) is 1.96. The maximum atomic E-state index is 6.00. The molecule has 1 heterocycles. The van der Waals surface area contributed by atoms with Crippen LogP contribution in [-0.4, -0.2) is 6.61 Å². The highest BCUT2D eigenvalue weighted by Crippen LogP contribution is 2.37. The van der Waals surface area contributed by atoms with Gasteiger partial charge in [-0.3, -0.25) is 0 Å². The molecule has 13 heavy (non-hydrogen) atoms. The van der Waals surface area contributed by atoms with Gasteiger partial charge in [-0.15, -0.1) is 0 Å². The number of nitrogens with two attached hydrogens (primary N) is 1. The highest BCUT2D eigenvalue weighted by Gasteiger charge is 2.20. The van der Waals surface area contributed by atoms with Gasteiger partial charge in [-0.25, -0.2) is 0 Å². The van der Waals surface area contributed by atoms with Crippen LogP contribution in [0, 0.1) is 20.8 Å². The monoisotopic (exact) mass is 177 g/mol. The number of rotatable bonds is 0. The number of nitrogen functional groups attached to an aromatic ring is 1. The SMILES string of the molecule is Cc1c(C)c2c(c(C)c1N)CCO2. The molecule has 0 radical (unpaired) electrons. The van der Waals surface area contributed by atoms with Gasteiger partial charge in [0.05, 0.1) is 6.61 Å². The largest absolute Gasteiger partial charge is 0.493 e. The molecule has 0 aliphatic carbocycles. The highest BCUT2D eigenvalue weighted by atomic mass is 16.5. The van der Waals surface area contributed by atoms with E-state index in [0.717, 1.165) is 30.0 Å². The maximum Gasteiger partial charge on any atom is 0.126 e. The molecular formula is C11H15NO. The second-order valence-electron chi connectivity index (χ2n) is 3.69. The van der Waals surface area contributed by atoms with E-state index in [9.17, 15) is 0 Å². The first-order valence-electron chi connectivity index (χ1n) is 4.64. The first-order chi connectivity index (χ1) is 6.13. The quantitative estimate of drug-likeness (QED) is 0.616. The van der Waals surface area contributed by atoms with Crippen LogP contribution in [0.2, 0.25) is 0 Å². The van der Waals surface area contributed by atoms with Crippen LogP contribution >= 0.6 is 0 Å². The summed E-state index contributed by atoms with van der Waals surface area (Å²) in [6, 6.07) is 0. The third kappa shape index (κ3) is 1.01. The Morgan fingerprint density at radius 1 is 1.08 bits per heavy atom. The minimum absolute atomic E-state index is 0.805. The molecular weight excluding hydrogens is 162 g/mol. The number of benzene rings is 1. The Hall–Kier alpha value is -1.18. The van der Waals surface area contributed by atoms with E-state index in [2.05, 4.69) is 20.8 Å². The summed E-state index contributed by atoms with van der Waals surface area (Å²) in [6.07, 6.45) is 1.01. The van der Waals surface area contributed by atoms with Crippen molar-refractivity contribution in [1.82, 2.24) is 0 Å². The van der Waals surface area contributed by atoms with Crippen molar-refractivity contribution < 1.29 is 4.74 Å². The minimum Gasteiger partial charge on any atom is -0.493 e. The van der Waals surface area contributed by atoms with Crippen LogP contribution in [0.15, 0.2) is 0 Å². The molecule has 70 valence electrons. The van der Waals surface area contributed by atoms with E-state index in [1.165, 1.54) is 16.7 Å². The van der Waals surface area contributed by atoms with Crippen LogP contribution < -0.4 is 10.5 Å². The van der Waals surface area contributed by atoms with Crippen molar-refractivity contribution in [3.63, 3.8) is 0 Å². The van der Waals surface area contributed by atoms with Crippen molar-refractivity contribution in [1.29, 1.82) is 0 Å². The fraction of sp³-hybridized carbons (Fsp3) is 0.455. The first-order valence-corrected chi connectivity index (χ1v) is 4.64. The number of hydrogen-bond donors (Lipinski definition) is 1. The van der Waals surface area contributed by atoms with Crippen LogP contribution in [0.1, 0.15) is 22.3 Å². The van der Waals surface area contributed by atoms with Crippen molar-refractivity contribution in [3.05, 3.63) is 22.3 Å². The van der Waals surface area contributed by atoms with E-state index in [4.69, 9.17) is 10.5 Å². The molecule has 0 spiro atoms. The van der Waals surface area contributed by atoms with Gasteiger partial charge in [0.2, 0.25) is 0 Å². The lowest BCUT2D eigenvalue weighted by molar-refractivity contribution is 0.354. The first kappa shape index (κ1) is 8.42. The Morgan fingerprint density at radius 3 is 2.46 bits per heavy atom. The van der Waals surface area contributed by atoms with Gasteiger partial charge in [-0.05, 0) is 37.5 Å². The number of fused-ring (bicyclic) bond motifs is 1. The maximum absolute atomic E-state index is 6.00. The van der Waals surface area contributed by atoms with Gasteiger partial charge < -0.3 is 10.5 Å². The lowest BCUT2D eigenvalue weighted by atomic mass is 9.96. The van der Waals surface area contributed by atoms with E-state index in [0.29, 0.717) is 0 Å². The molecule has 0 saturated carbocycles. The lowest BCUT2D eigenvalue weighted by Gasteiger charge is -2.13. The van der Waals surface area contributed by atoms with Crippen molar-refractivity contribution in [2.75, 3.05) is 12.3 Å². The summed E-state index contributed by atoms with van der Waals surface area (Å²) < 4.78 is 5.59. The molecule has 2 heteroatoms. The van der Waals surface area contributed by atoms with Crippen LogP contribution in [-0.2, 0) is 6.42 Å². The average molecular weight is 177 g/mol. The predicted molar refractivity (Wildman–Crippen MR) is 54.3 cm³/mol. The second-order valence-corrected chi connectivity index (χ2v) is 3.69. The Balaban J connectivity index is 2.77. The Bertz CT molecular complexity index is 334. The molecule has 0 bridgehead atoms. The van der Waals surface area contributed by atoms with E-state index < -0.39 is 0 Å². The summed E-state index contributed by atoms with van der Waals surface area (Å²) in [5.41, 5.74) is 11.8. The third-order valence-corrected chi connectivity index (χ3v) is 3.04. The molecule has 0 fully saturated rings. The summed E-state index contributed by atoms with van der Waals surface area (Å²) in [4.78, 5) is 0. The summed E-state index contributed by atoms with van der Waals surface area (Å²) in [7, 11) is 0. The van der Waals surface area contributed by atoms with Crippen molar-refractivity contribution in [2.24, 2.45) is 0 Å². The Morgan fingerprint density at radius 2 is 1.77 bits per heavy atom. The van der Waals surface area contributed by atoms with E-state index in [-0.39, 0.29) is 0 Å². The van der Waals surface area contributed by atoms with Crippen LogP contribution in [0.25, 0.3) is 0 Å². The molecule has 0 aromatic heterocycles. The zero-order valence-electron chi connectivity index (χ0n) is 8.40. The molecule has 0 atom stereocenters. The molecule has 2 rings (SSSR count). The van der Waals surface area contributed by atoms with Gasteiger partial charge in [0.1, 0.15) is 5.75 Å². The van der Waals surface area contributed by atoms with Crippen molar-refractivity contribution >= 4 is 5.69 Å². The smallest absolute Gasteiger partial charge is 0.126 e. The molecule has 1 aromatic rings. The van der Waals surface area contributed by atoms with Gasteiger partial charge in [0.15, 0.2) is 0 Å². The Labute approximate surface area is 78.7 Å². The van der Waals surface area contributed by atoms with Gasteiger partial charge in [-0.2, -0.15) is 0 Å². The van der Waals surface area contributed by atoms with Gasteiger partial charge in [-0.1, -0.05) is 0 Å². The minimum atomic E-state index is 0.805. The predicted octanol–water partition coefficient (Wildman–Crippen LogP) is 2.13. The summed E-state index contributed by atoms with van der Waals surface area (Å²) in [5.74, 6) is 1.07. The van der Waals surface area contributed by atoms with E-state index >= 15 is 0 Å². The lowest BCUT2D eigenvalue weighted by Crippen LogP contribution is -1.99. The second kappa shape index (κ2) is 2.66. The number of hydrogen-bond acceptors (Lipinski definition) is 2. The summed E-state index contributed by atoms with van der Waals surface area (Å²) in [6.45, 7) is 7.02. The van der Waals surface area contributed by atoms with Gasteiger partial charge in [0, 0.05) is 17.7 Å². The molecule has 2 nitrogen and oxygen atoms in total. The summed E-state index contributed by atoms with van der Waals surface area (Å²) >= 11 is 0. The topological polar surface area (TPSA) is 35.2 Å². The zero-order valence-corrected chi connectivity index (χ0v) is 8.40. The van der Waals surface area contributed by atoms with Crippen molar-refractivity contribution in [3.8, 4) is 5.75 Å². The van der Waals surface area contributed by atoms with E-state index in [1.54, 1.807) is 0 Å². The number of anilines is 1. The standard InChI is InChI=1S/C11H15NO/c1-6-7(2)11-9(4-5-13-11)8(3)10(6)12/h4-5,12H2,1-3H3. The molecule has 0 saturated heterocycles. The molecule has 1 aromatic carbocycles. The molecule has 2 N–H and O–H groups in total. The van der Waals surface area contributed by atoms with E-state index in [1.807, 2.05) is 0 Å². The highest BCUT2D eigenvalue weighted by molar-refractivity contribution is 5.65. The van der Waals surface area contributed by atoms with Crippen LogP contribution in [0.4, 0.5) is 5.69 Å². The van der Waals surface area contributed by atoms with Crippen LogP contribution in [0.5, 0.6) is 5.75 Å². The van der Waals surface area contributed by atoms with Gasteiger partial charge >= 0.3 is 0 Å². The number of ether oxygens (including phenoxy) is 1. The molecule has 1 aliphatic heterocycles. The van der Waals surface area contributed by atoms with Gasteiger partial charge in [0.25, 0.3) is 0 Å². The van der Waals surface area contributed by atoms with Crippen molar-refractivity contribution in [2.45, 2.75) is 27.2 Å². The third-order valence-electron chi connectivity index (χ3n) is 3.04. The van der Waals surface area contributed by atoms with Crippen LogP contribution in [0.3, 0.4) is 0 Å². The Kier molecular flexibility index (Phi) is 1.72.